The summed E-state index contributed by atoms with van der Waals surface area (Å²) in [5.74, 6) is -2.66. The first-order valence-corrected chi connectivity index (χ1v) is 4.52. The van der Waals surface area contributed by atoms with Gasteiger partial charge in [-0.15, -0.1) is 0 Å². The number of carboxylic acid groups (broad SMARTS) is 1. The van der Waals surface area contributed by atoms with Crippen LogP contribution < -0.4 is 0 Å². The molecule has 0 aliphatic heterocycles. The number of aromatic carboxylic acids is 1. The molecule has 2 aromatic rings. The van der Waals surface area contributed by atoms with E-state index in [2.05, 4.69) is 10.1 Å². The molecule has 7 heteroatoms. The lowest BCUT2D eigenvalue weighted by Gasteiger charge is -2.03. The second kappa shape index (κ2) is 4.12. The maximum Gasteiger partial charge on any atom is 0.338 e. The Kier molecular flexibility index (Phi) is 2.65. The molecule has 86 valence electrons. The molecule has 0 saturated heterocycles. The number of hydrogen-bond acceptors (Lipinski definition) is 4. The van der Waals surface area contributed by atoms with Crippen LogP contribution in [-0.4, -0.2) is 32.1 Å². The third-order valence-corrected chi connectivity index (χ3v) is 2.05. The van der Waals surface area contributed by atoms with Gasteiger partial charge in [-0.3, -0.25) is 4.79 Å². The van der Waals surface area contributed by atoms with Crippen molar-refractivity contribution in [1.29, 1.82) is 0 Å². The number of carboxylic acids is 1. The van der Waals surface area contributed by atoms with Gasteiger partial charge in [-0.25, -0.2) is 18.9 Å². The molecule has 1 N–H and O–H groups in total. The molecule has 0 aliphatic rings. The van der Waals surface area contributed by atoms with Crippen molar-refractivity contribution in [3.05, 3.63) is 41.6 Å². The maximum absolute atomic E-state index is 13.7. The second-order valence-electron chi connectivity index (χ2n) is 3.10. The SMILES string of the molecule is O=Cc1ccn(-c2nccc(C(=O)O)c2F)n1. The molecule has 0 unspecified atom stereocenters. The molecule has 0 atom stereocenters. The van der Waals surface area contributed by atoms with Gasteiger partial charge < -0.3 is 5.11 Å². The van der Waals surface area contributed by atoms with Crippen molar-refractivity contribution in [1.82, 2.24) is 14.8 Å². The van der Waals surface area contributed by atoms with Crippen molar-refractivity contribution in [3.8, 4) is 5.82 Å². The number of carbonyl (C=O) groups excluding carboxylic acids is 1. The molecular weight excluding hydrogens is 229 g/mol. The number of aldehydes is 1. The van der Waals surface area contributed by atoms with Crippen LogP contribution in [0.15, 0.2) is 24.5 Å². The fourth-order valence-electron chi connectivity index (χ4n) is 1.28. The number of carbonyl (C=O) groups is 2. The number of aromatic nitrogens is 3. The summed E-state index contributed by atoms with van der Waals surface area (Å²) in [5.41, 5.74) is -0.398. The summed E-state index contributed by atoms with van der Waals surface area (Å²) in [6, 6.07) is 2.41. The minimum absolute atomic E-state index is 0.104. The van der Waals surface area contributed by atoms with Crippen LogP contribution in [0.1, 0.15) is 20.8 Å². The number of nitrogens with zero attached hydrogens (tertiary/aromatic N) is 3. The van der Waals surface area contributed by atoms with Crippen LogP contribution in [-0.2, 0) is 0 Å². The molecule has 17 heavy (non-hydrogen) atoms. The second-order valence-corrected chi connectivity index (χ2v) is 3.10. The van der Waals surface area contributed by atoms with Gasteiger partial charge in [0.1, 0.15) is 11.3 Å². The standard InChI is InChI=1S/C10H6FN3O3/c11-8-7(10(16)17)1-3-12-9(8)14-4-2-6(5-15)13-14/h1-5H,(H,16,17). The molecule has 0 bridgehead atoms. The monoisotopic (exact) mass is 235 g/mol. The predicted octanol–water partition coefficient (Wildman–Crippen LogP) is 0.917. The molecule has 0 aromatic carbocycles. The first-order valence-electron chi connectivity index (χ1n) is 4.52. The normalized spacial score (nSPS) is 10.2. The van der Waals surface area contributed by atoms with E-state index in [1.807, 2.05) is 0 Å². The Morgan fingerprint density at radius 1 is 1.47 bits per heavy atom. The summed E-state index contributed by atoms with van der Waals surface area (Å²) in [6.45, 7) is 0. The summed E-state index contributed by atoms with van der Waals surface area (Å²) in [4.78, 5) is 24.8. The van der Waals surface area contributed by atoms with E-state index in [0.717, 1.165) is 16.9 Å². The van der Waals surface area contributed by atoms with Gasteiger partial charge in [-0.05, 0) is 12.1 Å². The van der Waals surface area contributed by atoms with Crippen LogP contribution in [0.3, 0.4) is 0 Å². The summed E-state index contributed by atoms with van der Waals surface area (Å²) in [7, 11) is 0. The van der Waals surface area contributed by atoms with Crippen LogP contribution in [0.4, 0.5) is 4.39 Å². The van der Waals surface area contributed by atoms with Crippen molar-refractivity contribution >= 4 is 12.3 Å². The molecule has 6 nitrogen and oxygen atoms in total. The molecule has 0 saturated carbocycles. The average Bonchev–Trinajstić information content (AvgIpc) is 2.77. The molecule has 2 aromatic heterocycles. The highest BCUT2D eigenvalue weighted by Crippen LogP contribution is 2.14. The van der Waals surface area contributed by atoms with E-state index in [-0.39, 0.29) is 11.5 Å². The lowest BCUT2D eigenvalue weighted by atomic mass is 10.2. The number of rotatable bonds is 3. The van der Waals surface area contributed by atoms with Crippen LogP contribution in [0.2, 0.25) is 0 Å². The molecule has 0 spiro atoms. The highest BCUT2D eigenvalue weighted by atomic mass is 19.1. The first-order chi connectivity index (χ1) is 8.13. The number of halogens is 1. The summed E-state index contributed by atoms with van der Waals surface area (Å²) in [6.07, 6.45) is 2.97. The first kappa shape index (κ1) is 10.9. The molecule has 0 radical (unpaired) electrons. The van der Waals surface area contributed by atoms with Crippen molar-refractivity contribution < 1.29 is 19.1 Å². The van der Waals surface area contributed by atoms with E-state index in [9.17, 15) is 14.0 Å². The fourth-order valence-corrected chi connectivity index (χ4v) is 1.28. The highest BCUT2D eigenvalue weighted by molar-refractivity contribution is 5.88. The van der Waals surface area contributed by atoms with Gasteiger partial charge in [0.15, 0.2) is 17.9 Å². The zero-order valence-electron chi connectivity index (χ0n) is 8.37. The quantitative estimate of drug-likeness (QED) is 0.799. The molecule has 2 rings (SSSR count). The van der Waals surface area contributed by atoms with Crippen LogP contribution in [0, 0.1) is 5.82 Å². The van der Waals surface area contributed by atoms with Gasteiger partial charge in [0, 0.05) is 12.4 Å². The van der Waals surface area contributed by atoms with E-state index in [0.29, 0.717) is 6.29 Å². The molecule has 2 heterocycles. The Balaban J connectivity index is 2.55. The Bertz CT molecular complexity index is 594. The Hall–Kier alpha value is -2.57. The summed E-state index contributed by atoms with van der Waals surface area (Å²) < 4.78 is 14.7. The summed E-state index contributed by atoms with van der Waals surface area (Å²) >= 11 is 0. The maximum atomic E-state index is 13.7. The Morgan fingerprint density at radius 3 is 2.82 bits per heavy atom. The third-order valence-electron chi connectivity index (χ3n) is 2.05. The van der Waals surface area contributed by atoms with Crippen LogP contribution in [0.25, 0.3) is 5.82 Å². The van der Waals surface area contributed by atoms with E-state index < -0.39 is 17.3 Å². The zero-order chi connectivity index (χ0) is 12.4. The highest BCUT2D eigenvalue weighted by Gasteiger charge is 2.16. The van der Waals surface area contributed by atoms with Gasteiger partial charge in [0.2, 0.25) is 0 Å². The van der Waals surface area contributed by atoms with Crippen molar-refractivity contribution in [3.63, 3.8) is 0 Å². The van der Waals surface area contributed by atoms with E-state index in [4.69, 9.17) is 5.11 Å². The van der Waals surface area contributed by atoms with Crippen LogP contribution >= 0.6 is 0 Å². The van der Waals surface area contributed by atoms with Crippen molar-refractivity contribution in [2.45, 2.75) is 0 Å². The lowest BCUT2D eigenvalue weighted by molar-refractivity contribution is 0.0691. The number of hydrogen-bond donors (Lipinski definition) is 1. The Labute approximate surface area is 94.3 Å². The Morgan fingerprint density at radius 2 is 2.24 bits per heavy atom. The summed E-state index contributed by atoms with van der Waals surface area (Å²) in [5, 5.41) is 12.4. The predicted molar refractivity (Wildman–Crippen MR) is 53.7 cm³/mol. The van der Waals surface area contributed by atoms with Crippen molar-refractivity contribution in [2.75, 3.05) is 0 Å². The minimum atomic E-state index is -1.39. The molecular formula is C10H6FN3O3. The van der Waals surface area contributed by atoms with Gasteiger partial charge in [-0.1, -0.05) is 0 Å². The molecule has 0 aliphatic carbocycles. The van der Waals surface area contributed by atoms with Crippen molar-refractivity contribution in [2.24, 2.45) is 0 Å². The van der Waals surface area contributed by atoms with E-state index in [1.54, 1.807) is 0 Å². The molecule has 0 amide bonds. The van der Waals surface area contributed by atoms with Gasteiger partial charge in [-0.2, -0.15) is 5.10 Å². The van der Waals surface area contributed by atoms with Gasteiger partial charge >= 0.3 is 5.97 Å². The minimum Gasteiger partial charge on any atom is -0.478 e. The average molecular weight is 235 g/mol. The zero-order valence-corrected chi connectivity index (χ0v) is 8.37. The van der Waals surface area contributed by atoms with Crippen LogP contribution in [0.5, 0.6) is 0 Å². The van der Waals surface area contributed by atoms with Gasteiger partial charge in [0.05, 0.1) is 0 Å². The topological polar surface area (TPSA) is 85.1 Å². The van der Waals surface area contributed by atoms with Gasteiger partial charge in [0.25, 0.3) is 0 Å². The smallest absolute Gasteiger partial charge is 0.338 e. The molecule has 0 fully saturated rings. The third kappa shape index (κ3) is 1.89. The largest absolute Gasteiger partial charge is 0.478 e. The number of pyridine rings is 1. The van der Waals surface area contributed by atoms with E-state index >= 15 is 0 Å². The lowest BCUT2D eigenvalue weighted by Crippen LogP contribution is -2.08. The van der Waals surface area contributed by atoms with E-state index in [1.165, 1.54) is 12.3 Å². The fraction of sp³-hybridized carbons (Fsp3) is 0.